The van der Waals surface area contributed by atoms with Crippen LogP contribution in [0.3, 0.4) is 0 Å². The molecule has 0 fully saturated rings. The zero-order valence-electron chi connectivity index (χ0n) is 5.83. The van der Waals surface area contributed by atoms with E-state index < -0.39 is 0 Å². The van der Waals surface area contributed by atoms with E-state index in [0.29, 0.717) is 11.6 Å². The van der Waals surface area contributed by atoms with E-state index in [4.69, 9.17) is 10.00 Å². The van der Waals surface area contributed by atoms with Gasteiger partial charge in [0.1, 0.15) is 6.07 Å². The maximum atomic E-state index is 8.53. The van der Waals surface area contributed by atoms with E-state index in [9.17, 15) is 0 Å². The molecule has 52 valence electrons. The van der Waals surface area contributed by atoms with E-state index in [2.05, 4.69) is 4.98 Å². The third-order valence-corrected chi connectivity index (χ3v) is 1.20. The van der Waals surface area contributed by atoms with Gasteiger partial charge in [0.2, 0.25) is 5.88 Å². The summed E-state index contributed by atoms with van der Waals surface area (Å²) >= 11 is 0. The Labute approximate surface area is 58.7 Å². The van der Waals surface area contributed by atoms with Gasteiger partial charge in [0, 0.05) is 7.05 Å². The van der Waals surface area contributed by atoms with Gasteiger partial charge < -0.3 is 9.30 Å². The Morgan fingerprint density at radius 3 is 2.90 bits per heavy atom. The molecule has 4 nitrogen and oxygen atoms in total. The minimum absolute atomic E-state index is 0.380. The number of aromatic nitrogens is 2. The molecule has 4 heteroatoms. The summed E-state index contributed by atoms with van der Waals surface area (Å²) in [4.78, 5) is 3.82. The van der Waals surface area contributed by atoms with E-state index in [1.807, 2.05) is 6.07 Å². The minimum atomic E-state index is 0.380. The van der Waals surface area contributed by atoms with Gasteiger partial charge in [-0.1, -0.05) is 0 Å². The molecule has 1 aromatic heterocycles. The molecule has 1 heterocycles. The molecule has 0 aliphatic heterocycles. The standard InChI is InChI=1S/C6H7N3O/c1-9-4-8-6(10-2)5(9)3-7/h4H,1-2H3. The molecular weight excluding hydrogens is 130 g/mol. The van der Waals surface area contributed by atoms with Gasteiger partial charge in [-0.05, 0) is 0 Å². The Balaban J connectivity index is 3.17. The highest BCUT2D eigenvalue weighted by Crippen LogP contribution is 2.11. The number of nitriles is 1. The smallest absolute Gasteiger partial charge is 0.250 e. The first-order valence-electron chi connectivity index (χ1n) is 2.75. The van der Waals surface area contributed by atoms with Crippen molar-refractivity contribution in [3.05, 3.63) is 12.0 Å². The third kappa shape index (κ3) is 0.818. The second-order valence-corrected chi connectivity index (χ2v) is 1.83. The Bertz CT molecular complexity index is 271. The van der Waals surface area contributed by atoms with Crippen LogP contribution in [0.1, 0.15) is 5.69 Å². The molecule has 0 unspecified atom stereocenters. The maximum Gasteiger partial charge on any atom is 0.250 e. The van der Waals surface area contributed by atoms with Crippen LogP contribution in [0, 0.1) is 11.3 Å². The zero-order valence-corrected chi connectivity index (χ0v) is 5.83. The van der Waals surface area contributed by atoms with Gasteiger partial charge in [0.05, 0.1) is 13.4 Å². The molecule has 0 N–H and O–H groups in total. The lowest BCUT2D eigenvalue weighted by Gasteiger charge is -1.92. The number of rotatable bonds is 1. The summed E-state index contributed by atoms with van der Waals surface area (Å²) in [6.07, 6.45) is 1.54. The fourth-order valence-electron chi connectivity index (χ4n) is 0.685. The SMILES string of the molecule is COc1ncn(C)c1C#N. The van der Waals surface area contributed by atoms with Crippen molar-refractivity contribution in [1.29, 1.82) is 5.26 Å². The van der Waals surface area contributed by atoms with Crippen molar-refractivity contribution in [2.45, 2.75) is 0 Å². The van der Waals surface area contributed by atoms with Crippen LogP contribution in [0.4, 0.5) is 0 Å². The van der Waals surface area contributed by atoms with Gasteiger partial charge in [-0.3, -0.25) is 0 Å². The first-order valence-corrected chi connectivity index (χ1v) is 2.75. The van der Waals surface area contributed by atoms with Gasteiger partial charge in [-0.2, -0.15) is 5.26 Å². The van der Waals surface area contributed by atoms with Crippen molar-refractivity contribution >= 4 is 0 Å². The van der Waals surface area contributed by atoms with Crippen LogP contribution in [0.25, 0.3) is 0 Å². The second-order valence-electron chi connectivity index (χ2n) is 1.83. The molecule has 0 amide bonds. The number of nitrogens with zero attached hydrogens (tertiary/aromatic N) is 3. The summed E-state index contributed by atoms with van der Waals surface area (Å²) in [7, 11) is 3.23. The molecule has 0 spiro atoms. The van der Waals surface area contributed by atoms with Crippen molar-refractivity contribution in [3.63, 3.8) is 0 Å². The summed E-state index contributed by atoms with van der Waals surface area (Å²) in [5.41, 5.74) is 0.447. The summed E-state index contributed by atoms with van der Waals surface area (Å²) in [5.74, 6) is 0.380. The molecule has 0 radical (unpaired) electrons. The van der Waals surface area contributed by atoms with Crippen LogP contribution >= 0.6 is 0 Å². The molecule has 0 atom stereocenters. The van der Waals surface area contributed by atoms with Gasteiger partial charge in [0.15, 0.2) is 5.69 Å². The fourth-order valence-corrected chi connectivity index (χ4v) is 0.685. The number of hydrogen-bond acceptors (Lipinski definition) is 3. The van der Waals surface area contributed by atoms with E-state index in [0.717, 1.165) is 0 Å². The van der Waals surface area contributed by atoms with Crippen LogP contribution in [-0.2, 0) is 7.05 Å². The van der Waals surface area contributed by atoms with E-state index >= 15 is 0 Å². The van der Waals surface area contributed by atoms with E-state index in [-0.39, 0.29) is 0 Å². The van der Waals surface area contributed by atoms with Crippen molar-refractivity contribution in [3.8, 4) is 11.9 Å². The average molecular weight is 137 g/mol. The Morgan fingerprint density at radius 1 is 1.80 bits per heavy atom. The van der Waals surface area contributed by atoms with Crippen LogP contribution in [0.2, 0.25) is 0 Å². The number of methoxy groups -OCH3 is 1. The van der Waals surface area contributed by atoms with Crippen LogP contribution in [0.15, 0.2) is 6.33 Å². The molecule has 0 aliphatic carbocycles. The lowest BCUT2D eigenvalue weighted by Crippen LogP contribution is -1.91. The van der Waals surface area contributed by atoms with E-state index in [1.165, 1.54) is 13.4 Å². The maximum absolute atomic E-state index is 8.53. The first kappa shape index (κ1) is 6.62. The molecule has 0 aromatic carbocycles. The third-order valence-electron chi connectivity index (χ3n) is 1.20. The number of ether oxygens (including phenoxy) is 1. The molecule has 1 rings (SSSR count). The van der Waals surface area contributed by atoms with Crippen molar-refractivity contribution < 1.29 is 4.74 Å². The van der Waals surface area contributed by atoms with Crippen molar-refractivity contribution in [2.24, 2.45) is 7.05 Å². The molecule has 1 aromatic rings. The first-order chi connectivity index (χ1) is 4.79. The molecule has 0 saturated carbocycles. The van der Waals surface area contributed by atoms with Crippen molar-refractivity contribution in [1.82, 2.24) is 9.55 Å². The molecule has 0 saturated heterocycles. The summed E-state index contributed by atoms with van der Waals surface area (Å²) in [6.45, 7) is 0. The Hall–Kier alpha value is -1.50. The van der Waals surface area contributed by atoms with Crippen LogP contribution in [-0.4, -0.2) is 16.7 Å². The van der Waals surface area contributed by atoms with Crippen LogP contribution < -0.4 is 4.74 Å². The Kier molecular flexibility index (Phi) is 1.59. The van der Waals surface area contributed by atoms with Gasteiger partial charge in [0.25, 0.3) is 0 Å². The van der Waals surface area contributed by atoms with Crippen molar-refractivity contribution in [2.75, 3.05) is 7.11 Å². The monoisotopic (exact) mass is 137 g/mol. The van der Waals surface area contributed by atoms with Gasteiger partial charge in [-0.25, -0.2) is 4.98 Å². The Morgan fingerprint density at radius 2 is 2.50 bits per heavy atom. The lowest BCUT2D eigenvalue weighted by molar-refractivity contribution is 0.398. The fraction of sp³-hybridized carbons (Fsp3) is 0.333. The lowest BCUT2D eigenvalue weighted by atomic mass is 10.5. The summed E-state index contributed by atoms with van der Waals surface area (Å²) in [6, 6.07) is 1.97. The zero-order chi connectivity index (χ0) is 7.56. The largest absolute Gasteiger partial charge is 0.479 e. The number of imidazole rings is 1. The van der Waals surface area contributed by atoms with E-state index in [1.54, 1.807) is 11.6 Å². The minimum Gasteiger partial charge on any atom is -0.479 e. The summed E-state index contributed by atoms with van der Waals surface area (Å²) in [5, 5.41) is 8.53. The molecular formula is C6H7N3O. The highest BCUT2D eigenvalue weighted by atomic mass is 16.5. The molecule has 0 bridgehead atoms. The topological polar surface area (TPSA) is 50.8 Å². The molecule has 0 aliphatic rings. The quantitative estimate of drug-likeness (QED) is 0.559. The van der Waals surface area contributed by atoms with Gasteiger partial charge in [-0.15, -0.1) is 0 Å². The predicted octanol–water partition coefficient (Wildman–Crippen LogP) is 0.300. The normalized spacial score (nSPS) is 8.90. The number of aryl methyl sites for hydroxylation is 1. The predicted molar refractivity (Wildman–Crippen MR) is 34.5 cm³/mol. The van der Waals surface area contributed by atoms with Gasteiger partial charge >= 0.3 is 0 Å². The van der Waals surface area contributed by atoms with Crippen LogP contribution in [0.5, 0.6) is 5.88 Å². The summed E-state index contributed by atoms with van der Waals surface area (Å²) < 4.78 is 6.41. The highest BCUT2D eigenvalue weighted by molar-refractivity contribution is 5.31. The number of hydrogen-bond donors (Lipinski definition) is 0. The second kappa shape index (κ2) is 2.40. The average Bonchev–Trinajstić information content (AvgIpc) is 2.30. The highest BCUT2D eigenvalue weighted by Gasteiger charge is 2.06. The molecule has 10 heavy (non-hydrogen) atoms.